The van der Waals surface area contributed by atoms with Gasteiger partial charge in [-0.2, -0.15) is 0 Å². The van der Waals surface area contributed by atoms with Crippen LogP contribution in [0.4, 0.5) is 4.39 Å². The topological polar surface area (TPSA) is 83.8 Å². The smallest absolute Gasteiger partial charge is 0.371 e. The molecule has 0 radical (unpaired) electrons. The molecule has 1 aromatic carbocycles. The summed E-state index contributed by atoms with van der Waals surface area (Å²) in [6, 6.07) is 3.48. The van der Waals surface area contributed by atoms with Crippen LogP contribution in [-0.2, 0) is 4.79 Å². The Balaban J connectivity index is 3.05. The molecule has 2 N–H and O–H groups in total. The van der Waals surface area contributed by atoms with Crippen LogP contribution in [0.2, 0.25) is 0 Å². The van der Waals surface area contributed by atoms with Crippen LogP contribution in [-0.4, -0.2) is 29.1 Å². The Kier molecular flexibility index (Phi) is 3.82. The molecule has 1 rings (SSSR count). The number of allylic oxidation sites excluding steroid dienone is 1. The van der Waals surface area contributed by atoms with Gasteiger partial charge in [0.1, 0.15) is 11.6 Å². The van der Waals surface area contributed by atoms with Crippen LogP contribution in [0.1, 0.15) is 10.4 Å². The van der Waals surface area contributed by atoms with Gasteiger partial charge in [0, 0.05) is 12.1 Å². The van der Waals surface area contributed by atoms with Crippen LogP contribution in [0.25, 0.3) is 0 Å². The molecule has 90 valence electrons. The van der Waals surface area contributed by atoms with Crippen molar-refractivity contribution in [3.63, 3.8) is 0 Å². The van der Waals surface area contributed by atoms with Crippen molar-refractivity contribution < 1.29 is 28.9 Å². The van der Waals surface area contributed by atoms with E-state index in [9.17, 15) is 14.0 Å². The molecule has 6 heteroatoms. The van der Waals surface area contributed by atoms with E-state index >= 15 is 0 Å². The van der Waals surface area contributed by atoms with E-state index in [2.05, 4.69) is 0 Å². The summed E-state index contributed by atoms with van der Waals surface area (Å²) in [7, 11) is 1.34. The summed E-state index contributed by atoms with van der Waals surface area (Å²) in [6.07, 6.45) is 0.438. The number of ether oxygens (including phenoxy) is 1. The fourth-order valence-electron chi connectivity index (χ4n) is 1.09. The Morgan fingerprint density at radius 1 is 1.35 bits per heavy atom. The highest BCUT2D eigenvalue weighted by Gasteiger charge is 2.13. The summed E-state index contributed by atoms with van der Waals surface area (Å²) in [5.41, 5.74) is -0.349. The van der Waals surface area contributed by atoms with Crippen LogP contribution in [0.3, 0.4) is 0 Å². The molecule has 0 saturated heterocycles. The maximum Gasteiger partial charge on any atom is 0.371 e. The molecule has 0 saturated carbocycles. The SMILES string of the molecule is COc1ccc(C(=O)C=C(O)C(=O)O)c(F)c1. The molecule has 0 bridgehead atoms. The highest BCUT2D eigenvalue weighted by atomic mass is 19.1. The number of aliphatic hydroxyl groups is 1. The maximum atomic E-state index is 13.4. The van der Waals surface area contributed by atoms with Crippen molar-refractivity contribution in [3.05, 3.63) is 41.4 Å². The van der Waals surface area contributed by atoms with E-state index in [0.29, 0.717) is 6.08 Å². The van der Waals surface area contributed by atoms with E-state index in [1.165, 1.54) is 13.2 Å². The Morgan fingerprint density at radius 2 is 2.00 bits per heavy atom. The molecule has 1 aromatic rings. The number of carboxylic acids is 1. The van der Waals surface area contributed by atoms with Gasteiger partial charge in [0.15, 0.2) is 5.78 Å². The largest absolute Gasteiger partial charge is 0.502 e. The standard InChI is InChI=1S/C11H9FO5/c1-17-6-2-3-7(8(12)4-6)9(13)5-10(14)11(15)16/h2-5,14H,1H3,(H,15,16). The second kappa shape index (κ2) is 5.11. The molecule has 17 heavy (non-hydrogen) atoms. The first-order chi connectivity index (χ1) is 7.95. The van der Waals surface area contributed by atoms with Gasteiger partial charge in [0.25, 0.3) is 0 Å². The molecule has 5 nitrogen and oxygen atoms in total. The number of carbonyl (C=O) groups excluding carboxylic acids is 1. The number of halogens is 1. The minimum Gasteiger partial charge on any atom is -0.502 e. The van der Waals surface area contributed by atoms with Crippen molar-refractivity contribution in [2.45, 2.75) is 0 Å². The van der Waals surface area contributed by atoms with Crippen LogP contribution in [0.5, 0.6) is 5.75 Å². The third-order valence-electron chi connectivity index (χ3n) is 1.93. The van der Waals surface area contributed by atoms with E-state index < -0.39 is 23.3 Å². The van der Waals surface area contributed by atoms with Gasteiger partial charge in [0.05, 0.1) is 12.7 Å². The first-order valence-corrected chi connectivity index (χ1v) is 4.47. The molecule has 0 aromatic heterocycles. The van der Waals surface area contributed by atoms with Crippen molar-refractivity contribution in [3.8, 4) is 5.75 Å². The summed E-state index contributed by atoms with van der Waals surface area (Å²) < 4.78 is 18.1. The Hall–Kier alpha value is -2.37. The molecular formula is C11H9FO5. The number of aliphatic carboxylic acids is 1. The third kappa shape index (κ3) is 3.04. The molecule has 0 heterocycles. The van der Waals surface area contributed by atoms with Crippen molar-refractivity contribution >= 4 is 11.8 Å². The second-order valence-corrected chi connectivity index (χ2v) is 3.04. The molecule has 0 fully saturated rings. The first kappa shape index (κ1) is 12.7. The number of methoxy groups -OCH3 is 1. The molecule has 0 aliphatic rings. The number of hydrogen-bond acceptors (Lipinski definition) is 4. The zero-order valence-electron chi connectivity index (χ0n) is 8.81. The average molecular weight is 240 g/mol. The zero-order chi connectivity index (χ0) is 13.0. The number of benzene rings is 1. The van der Waals surface area contributed by atoms with E-state index in [1.54, 1.807) is 0 Å². The first-order valence-electron chi connectivity index (χ1n) is 4.47. The second-order valence-electron chi connectivity index (χ2n) is 3.04. The Morgan fingerprint density at radius 3 is 2.47 bits per heavy atom. The number of rotatable bonds is 4. The third-order valence-corrected chi connectivity index (χ3v) is 1.93. The van der Waals surface area contributed by atoms with Crippen LogP contribution in [0.15, 0.2) is 30.0 Å². The van der Waals surface area contributed by atoms with Gasteiger partial charge in [0.2, 0.25) is 5.76 Å². The number of ketones is 1. The maximum absolute atomic E-state index is 13.4. The lowest BCUT2D eigenvalue weighted by Gasteiger charge is -2.02. The number of hydrogen-bond donors (Lipinski definition) is 2. The van der Waals surface area contributed by atoms with Gasteiger partial charge in [-0.05, 0) is 12.1 Å². The Labute approximate surface area is 95.8 Å². The average Bonchev–Trinajstić information content (AvgIpc) is 2.28. The highest BCUT2D eigenvalue weighted by molar-refractivity contribution is 6.07. The van der Waals surface area contributed by atoms with Crippen LogP contribution >= 0.6 is 0 Å². The lowest BCUT2D eigenvalue weighted by atomic mass is 10.1. The molecule has 0 unspecified atom stereocenters. The van der Waals surface area contributed by atoms with Crippen molar-refractivity contribution in [2.75, 3.05) is 7.11 Å². The molecule has 0 amide bonds. The fraction of sp³-hybridized carbons (Fsp3) is 0.0909. The molecule has 0 atom stereocenters. The van der Waals surface area contributed by atoms with E-state index in [1.807, 2.05) is 0 Å². The summed E-state index contributed by atoms with van der Waals surface area (Å²) >= 11 is 0. The van der Waals surface area contributed by atoms with Gasteiger partial charge < -0.3 is 14.9 Å². The lowest BCUT2D eigenvalue weighted by molar-refractivity contribution is -0.135. The summed E-state index contributed by atoms with van der Waals surface area (Å²) in [4.78, 5) is 21.7. The van der Waals surface area contributed by atoms with Crippen LogP contribution in [0, 0.1) is 5.82 Å². The minimum atomic E-state index is -1.66. The van der Waals surface area contributed by atoms with Gasteiger partial charge >= 0.3 is 5.97 Å². The van der Waals surface area contributed by atoms with Crippen molar-refractivity contribution in [1.29, 1.82) is 0 Å². The molecule has 0 aliphatic heterocycles. The lowest BCUT2D eigenvalue weighted by Crippen LogP contribution is -2.05. The summed E-state index contributed by atoms with van der Waals surface area (Å²) in [6.45, 7) is 0. The van der Waals surface area contributed by atoms with Gasteiger partial charge in [-0.25, -0.2) is 9.18 Å². The monoisotopic (exact) mass is 240 g/mol. The van der Waals surface area contributed by atoms with E-state index in [4.69, 9.17) is 14.9 Å². The van der Waals surface area contributed by atoms with E-state index in [0.717, 1.165) is 12.1 Å². The Bertz CT molecular complexity index is 493. The quantitative estimate of drug-likeness (QED) is 0.474. The molecule has 0 aliphatic carbocycles. The summed E-state index contributed by atoms with van der Waals surface area (Å²) in [5, 5.41) is 17.2. The number of carboxylic acid groups (broad SMARTS) is 1. The van der Waals surface area contributed by atoms with Gasteiger partial charge in [-0.15, -0.1) is 0 Å². The van der Waals surface area contributed by atoms with Crippen molar-refractivity contribution in [2.24, 2.45) is 0 Å². The number of carbonyl (C=O) groups is 2. The fourth-order valence-corrected chi connectivity index (χ4v) is 1.09. The predicted molar refractivity (Wildman–Crippen MR) is 55.6 cm³/mol. The van der Waals surface area contributed by atoms with E-state index in [-0.39, 0.29) is 11.3 Å². The number of aliphatic hydroxyl groups excluding tert-OH is 1. The van der Waals surface area contributed by atoms with Crippen molar-refractivity contribution in [1.82, 2.24) is 0 Å². The highest BCUT2D eigenvalue weighted by Crippen LogP contribution is 2.17. The van der Waals surface area contributed by atoms with Gasteiger partial charge in [-0.3, -0.25) is 4.79 Å². The van der Waals surface area contributed by atoms with Gasteiger partial charge in [-0.1, -0.05) is 0 Å². The predicted octanol–water partition coefficient (Wildman–Crippen LogP) is 1.54. The molecule has 0 spiro atoms. The minimum absolute atomic E-state index is 0.227. The normalized spacial score (nSPS) is 11.1. The zero-order valence-corrected chi connectivity index (χ0v) is 8.81. The molecular weight excluding hydrogens is 231 g/mol. The van der Waals surface area contributed by atoms with Crippen LogP contribution < -0.4 is 4.74 Å². The summed E-state index contributed by atoms with van der Waals surface area (Å²) in [5.74, 6) is -4.38.